The van der Waals surface area contributed by atoms with E-state index in [9.17, 15) is 14.4 Å². The molecule has 1 amide bonds. The molecule has 0 aromatic heterocycles. The van der Waals surface area contributed by atoms with Crippen LogP contribution in [0.25, 0.3) is 0 Å². The first-order valence-electron chi connectivity index (χ1n) is 7.45. The molecule has 126 valence electrons. The first-order valence-corrected chi connectivity index (χ1v) is 7.45. The van der Waals surface area contributed by atoms with E-state index in [1.54, 1.807) is 19.1 Å². The summed E-state index contributed by atoms with van der Waals surface area (Å²) in [6, 6.07) is 5.62. The van der Waals surface area contributed by atoms with Crippen molar-refractivity contribution < 1.29 is 24.2 Å². The third-order valence-electron chi connectivity index (χ3n) is 3.29. The molecule has 0 saturated heterocycles. The highest BCUT2D eigenvalue weighted by atomic mass is 16.5. The maximum atomic E-state index is 12.1. The van der Waals surface area contributed by atoms with Crippen molar-refractivity contribution in [2.24, 2.45) is 0 Å². The smallest absolute Gasteiger partial charge is 0.326 e. The van der Waals surface area contributed by atoms with E-state index in [-0.39, 0.29) is 12.0 Å². The molecule has 0 saturated carbocycles. The Hall–Kier alpha value is -2.37. The highest BCUT2D eigenvalue weighted by Crippen LogP contribution is 2.22. The van der Waals surface area contributed by atoms with E-state index in [0.717, 1.165) is 5.56 Å². The van der Waals surface area contributed by atoms with E-state index < -0.39 is 30.3 Å². The van der Waals surface area contributed by atoms with Crippen LogP contribution >= 0.6 is 0 Å². The lowest BCUT2D eigenvalue weighted by atomic mass is 9.86. The number of nitrogens with one attached hydrogen (secondary N) is 1. The van der Waals surface area contributed by atoms with Crippen LogP contribution in [0, 0.1) is 0 Å². The summed E-state index contributed by atoms with van der Waals surface area (Å²) in [5.74, 6) is -2.48. The minimum atomic E-state index is -1.32. The predicted molar refractivity (Wildman–Crippen MR) is 85.3 cm³/mol. The van der Waals surface area contributed by atoms with Gasteiger partial charge in [-0.25, -0.2) is 4.79 Å². The second-order valence-electron chi connectivity index (χ2n) is 6.20. The molecule has 6 heteroatoms. The summed E-state index contributed by atoms with van der Waals surface area (Å²) in [6.07, 6.45) is -0.408. The van der Waals surface area contributed by atoms with Gasteiger partial charge in [-0.05, 0) is 30.0 Å². The summed E-state index contributed by atoms with van der Waals surface area (Å²) in [6.45, 7) is 7.96. The number of rotatable bonds is 6. The monoisotopic (exact) mass is 321 g/mol. The number of benzene rings is 1. The Bertz CT molecular complexity index is 572. The summed E-state index contributed by atoms with van der Waals surface area (Å²) in [7, 11) is 0. The van der Waals surface area contributed by atoms with Crippen LogP contribution in [0.3, 0.4) is 0 Å². The second-order valence-corrected chi connectivity index (χ2v) is 6.20. The first kappa shape index (κ1) is 18.7. The largest absolute Gasteiger partial charge is 0.480 e. The fourth-order valence-electron chi connectivity index (χ4n) is 1.95. The van der Waals surface area contributed by atoms with E-state index in [1.807, 2.05) is 12.1 Å². The number of aliphatic carboxylic acids is 1. The zero-order chi connectivity index (χ0) is 17.6. The highest BCUT2D eigenvalue weighted by Gasteiger charge is 2.24. The minimum Gasteiger partial charge on any atom is -0.480 e. The Morgan fingerprint density at radius 3 is 2.17 bits per heavy atom. The summed E-state index contributed by atoms with van der Waals surface area (Å²) in [5, 5.41) is 11.5. The Balaban J connectivity index is 2.79. The summed E-state index contributed by atoms with van der Waals surface area (Å²) < 4.78 is 4.71. The van der Waals surface area contributed by atoms with Crippen LogP contribution in [-0.4, -0.2) is 35.6 Å². The Morgan fingerprint density at radius 1 is 1.17 bits per heavy atom. The molecule has 6 nitrogen and oxygen atoms in total. The van der Waals surface area contributed by atoms with Crippen molar-refractivity contribution in [2.75, 3.05) is 6.61 Å². The number of carboxylic acid groups (broad SMARTS) is 1. The predicted octanol–water partition coefficient (Wildman–Crippen LogP) is 2.12. The number of carboxylic acids is 1. The molecule has 0 spiro atoms. The summed E-state index contributed by atoms with van der Waals surface area (Å²) in [4.78, 5) is 34.7. The topological polar surface area (TPSA) is 92.7 Å². The van der Waals surface area contributed by atoms with Crippen LogP contribution in [-0.2, 0) is 19.7 Å². The lowest BCUT2D eigenvalue weighted by Crippen LogP contribution is -2.42. The number of ether oxygens (including phenoxy) is 1. The van der Waals surface area contributed by atoms with Crippen LogP contribution in [0.2, 0.25) is 0 Å². The van der Waals surface area contributed by atoms with Crippen LogP contribution in [0.5, 0.6) is 0 Å². The molecule has 0 bridgehead atoms. The quantitative estimate of drug-likeness (QED) is 0.783. The lowest BCUT2D eigenvalue weighted by molar-refractivity contribution is -0.149. The van der Waals surface area contributed by atoms with Gasteiger partial charge in [-0.15, -0.1) is 0 Å². The molecule has 0 fully saturated rings. The Labute approximate surface area is 135 Å². The SMILES string of the molecule is CCOC(=O)C[C@@H](NC(=O)c1ccc(C(C)(C)C)cc1)C(=O)O. The average molecular weight is 321 g/mol. The van der Waals surface area contributed by atoms with Gasteiger partial charge in [0.2, 0.25) is 0 Å². The normalized spacial score (nSPS) is 12.3. The molecule has 0 radical (unpaired) electrons. The van der Waals surface area contributed by atoms with E-state index in [1.165, 1.54) is 0 Å². The molecule has 0 aliphatic carbocycles. The van der Waals surface area contributed by atoms with Crippen LogP contribution in [0.15, 0.2) is 24.3 Å². The number of carbonyl (C=O) groups is 3. The van der Waals surface area contributed by atoms with Crippen LogP contribution in [0.1, 0.15) is 50.0 Å². The molecule has 0 unspecified atom stereocenters. The Morgan fingerprint density at radius 2 is 1.74 bits per heavy atom. The van der Waals surface area contributed by atoms with Crippen molar-refractivity contribution in [3.63, 3.8) is 0 Å². The third-order valence-corrected chi connectivity index (χ3v) is 3.29. The molecular weight excluding hydrogens is 298 g/mol. The van der Waals surface area contributed by atoms with Gasteiger partial charge in [0.05, 0.1) is 13.0 Å². The minimum absolute atomic E-state index is 0.0392. The number of esters is 1. The molecule has 0 heterocycles. The van der Waals surface area contributed by atoms with E-state index >= 15 is 0 Å². The number of carbonyl (C=O) groups excluding carboxylic acids is 2. The molecule has 2 N–H and O–H groups in total. The van der Waals surface area contributed by atoms with Gasteiger partial charge < -0.3 is 15.2 Å². The average Bonchev–Trinajstić information content (AvgIpc) is 2.45. The van der Waals surface area contributed by atoms with Gasteiger partial charge in [-0.1, -0.05) is 32.9 Å². The maximum Gasteiger partial charge on any atom is 0.326 e. The molecule has 0 aliphatic heterocycles. The summed E-state index contributed by atoms with van der Waals surface area (Å²) in [5.41, 5.74) is 1.37. The first-order chi connectivity index (χ1) is 10.6. The fraction of sp³-hybridized carbons (Fsp3) is 0.471. The zero-order valence-electron chi connectivity index (χ0n) is 13.9. The highest BCUT2D eigenvalue weighted by molar-refractivity contribution is 5.97. The molecule has 1 rings (SSSR count). The molecule has 0 aliphatic rings. The van der Waals surface area contributed by atoms with Gasteiger partial charge in [-0.2, -0.15) is 0 Å². The Kier molecular flexibility index (Phi) is 6.30. The maximum absolute atomic E-state index is 12.1. The van der Waals surface area contributed by atoms with Crippen molar-refractivity contribution in [1.82, 2.24) is 5.32 Å². The van der Waals surface area contributed by atoms with Gasteiger partial charge in [0.1, 0.15) is 6.04 Å². The number of amides is 1. The van der Waals surface area contributed by atoms with E-state index in [2.05, 4.69) is 26.1 Å². The zero-order valence-corrected chi connectivity index (χ0v) is 13.9. The molecule has 1 atom stereocenters. The molecular formula is C17H23NO5. The van der Waals surface area contributed by atoms with Gasteiger partial charge >= 0.3 is 11.9 Å². The van der Waals surface area contributed by atoms with Crippen molar-refractivity contribution >= 4 is 17.8 Å². The van der Waals surface area contributed by atoms with Crippen LogP contribution in [0.4, 0.5) is 0 Å². The number of hydrogen-bond donors (Lipinski definition) is 2. The lowest BCUT2D eigenvalue weighted by Gasteiger charge is -2.19. The van der Waals surface area contributed by atoms with Crippen molar-refractivity contribution in [3.8, 4) is 0 Å². The fourth-order valence-corrected chi connectivity index (χ4v) is 1.95. The summed E-state index contributed by atoms with van der Waals surface area (Å²) >= 11 is 0. The van der Waals surface area contributed by atoms with Gasteiger partial charge in [0.15, 0.2) is 0 Å². The van der Waals surface area contributed by atoms with E-state index in [4.69, 9.17) is 9.84 Å². The molecule has 23 heavy (non-hydrogen) atoms. The van der Waals surface area contributed by atoms with Crippen molar-refractivity contribution in [2.45, 2.75) is 45.6 Å². The van der Waals surface area contributed by atoms with Gasteiger partial charge in [0, 0.05) is 5.56 Å². The standard InChI is InChI=1S/C17H23NO5/c1-5-23-14(19)10-13(16(21)22)18-15(20)11-6-8-12(9-7-11)17(2,3)4/h6-9,13H,5,10H2,1-4H3,(H,18,20)(H,21,22)/t13-/m1/s1. The van der Waals surface area contributed by atoms with Crippen molar-refractivity contribution in [3.05, 3.63) is 35.4 Å². The number of hydrogen-bond acceptors (Lipinski definition) is 4. The van der Waals surface area contributed by atoms with Crippen molar-refractivity contribution in [1.29, 1.82) is 0 Å². The van der Waals surface area contributed by atoms with Gasteiger partial charge in [0.25, 0.3) is 5.91 Å². The van der Waals surface area contributed by atoms with Crippen LogP contribution < -0.4 is 5.32 Å². The second kappa shape index (κ2) is 7.76. The third kappa shape index (κ3) is 5.73. The van der Waals surface area contributed by atoms with E-state index in [0.29, 0.717) is 5.56 Å². The molecule has 1 aromatic carbocycles. The van der Waals surface area contributed by atoms with Gasteiger partial charge in [-0.3, -0.25) is 9.59 Å². The molecule has 1 aromatic rings.